The Morgan fingerprint density at radius 1 is 0.652 bits per heavy atom. The number of rotatable bonds is 24. The summed E-state index contributed by atoms with van der Waals surface area (Å²) in [5.41, 5.74) is -4.22. The molecule has 29 heteroatoms. The first kappa shape index (κ1) is 73.0. The van der Waals surface area contributed by atoms with Crippen LogP contribution in [0.4, 0.5) is 55.1 Å². The van der Waals surface area contributed by atoms with Gasteiger partial charge in [0.1, 0.15) is 46.4 Å². The number of alkyl halides is 3. The lowest BCUT2D eigenvalue weighted by atomic mass is 10.1. The molecule has 2 aromatic carbocycles. The van der Waals surface area contributed by atoms with Crippen LogP contribution in [0.15, 0.2) is 52.7 Å². The van der Waals surface area contributed by atoms with Gasteiger partial charge < -0.3 is 59.9 Å². The standard InChI is InChI=1S/C60H88F3N13O13/c1-37(70-52(80)86-56(2,3)4)65-26-17-15-24-47(78)72-44-32-38(60(61,62)63)31-43(49(44)85-40-25-28-64-35-40)67-34-39-33-45(69-36-68-39)50(79)73-42-22-19-21-41(48(42)84-30-20-29-76(14)55(83)89-59(11,12)13)71-46(77)23-16-18-27-66-51(74-53(81)87-57(5,6)7)75-54(82)88-58(8,9)10/h19,21-22,31-33,36,40,64,67H,15-18,20,23-30,34-35H2,1-14H3,(H,71,77)(H,72,78)(H,73,79)(H,65,70,80)(H2,66,74,75,81,82). The summed E-state index contributed by atoms with van der Waals surface area (Å²) in [7, 11) is 1.57. The van der Waals surface area contributed by atoms with Crippen molar-refractivity contribution in [1.29, 1.82) is 0 Å². The van der Waals surface area contributed by atoms with Crippen molar-refractivity contribution >= 4 is 76.6 Å². The largest absolute Gasteiger partial charge is 0.489 e. The summed E-state index contributed by atoms with van der Waals surface area (Å²) in [6.07, 6.45) is -5.03. The molecule has 0 saturated carbocycles. The van der Waals surface area contributed by atoms with Crippen LogP contribution in [0, 0.1) is 0 Å². The average molecular weight is 1260 g/mol. The van der Waals surface area contributed by atoms with E-state index in [9.17, 15) is 46.7 Å². The van der Waals surface area contributed by atoms with Gasteiger partial charge in [0.25, 0.3) is 5.91 Å². The summed E-state index contributed by atoms with van der Waals surface area (Å²) < 4.78 is 77.5. The van der Waals surface area contributed by atoms with Crippen LogP contribution in [0.25, 0.3) is 0 Å². The maximum absolute atomic E-state index is 14.6. The van der Waals surface area contributed by atoms with Gasteiger partial charge in [-0.3, -0.25) is 40.3 Å². The first-order valence-corrected chi connectivity index (χ1v) is 29.3. The van der Waals surface area contributed by atoms with E-state index in [-0.39, 0.29) is 97.2 Å². The summed E-state index contributed by atoms with van der Waals surface area (Å²) in [4.78, 5) is 109. The monoisotopic (exact) mass is 1260 g/mol. The van der Waals surface area contributed by atoms with Crippen molar-refractivity contribution in [2.24, 2.45) is 9.98 Å². The second kappa shape index (κ2) is 33.2. The number of benzene rings is 2. The smallest absolute Gasteiger partial charge is 0.416 e. The Bertz CT molecular complexity index is 2950. The van der Waals surface area contributed by atoms with Crippen molar-refractivity contribution in [2.75, 3.05) is 67.6 Å². The molecule has 1 aliphatic heterocycles. The van der Waals surface area contributed by atoms with E-state index in [0.717, 1.165) is 18.5 Å². The van der Waals surface area contributed by atoms with Crippen LogP contribution >= 0.6 is 0 Å². The summed E-state index contributed by atoms with van der Waals surface area (Å²) >= 11 is 0. The molecule has 1 fully saturated rings. The molecule has 3 aromatic rings. The number of nitrogens with zero attached hydrogens (tertiary/aromatic N) is 5. The van der Waals surface area contributed by atoms with E-state index >= 15 is 0 Å². The Morgan fingerprint density at radius 3 is 1.74 bits per heavy atom. The Balaban J connectivity index is 1.53. The number of anilines is 4. The highest BCUT2D eigenvalue weighted by Gasteiger charge is 2.34. The number of amidine groups is 1. The molecule has 1 atom stereocenters. The topological polar surface area (TPSA) is 325 Å². The number of para-hydroxylation sites is 1. The highest BCUT2D eigenvalue weighted by atomic mass is 19.4. The van der Waals surface area contributed by atoms with Crippen LogP contribution in [-0.2, 0) is 41.3 Å². The van der Waals surface area contributed by atoms with Crippen LogP contribution in [0.5, 0.6) is 11.5 Å². The molecule has 0 bridgehead atoms. The summed E-state index contributed by atoms with van der Waals surface area (Å²) in [6, 6.07) is 7.66. The van der Waals surface area contributed by atoms with Gasteiger partial charge in [-0.2, -0.15) is 13.2 Å². The van der Waals surface area contributed by atoms with Crippen molar-refractivity contribution in [3.05, 3.63) is 59.7 Å². The van der Waals surface area contributed by atoms with Crippen molar-refractivity contribution in [2.45, 2.75) is 183 Å². The van der Waals surface area contributed by atoms with Gasteiger partial charge in [0, 0.05) is 46.1 Å². The molecule has 1 aliphatic rings. The number of alkyl carbamates (subject to hydrolysis) is 3. The Labute approximate surface area is 517 Å². The quantitative estimate of drug-likeness (QED) is 0.0179. The maximum atomic E-state index is 14.6. The highest BCUT2D eigenvalue weighted by Crippen LogP contribution is 2.42. The van der Waals surface area contributed by atoms with Gasteiger partial charge in [-0.25, -0.2) is 29.1 Å². The first-order valence-electron chi connectivity index (χ1n) is 29.3. The van der Waals surface area contributed by atoms with Crippen molar-refractivity contribution in [3.8, 4) is 11.5 Å². The third-order valence-electron chi connectivity index (χ3n) is 11.7. The second-order valence-corrected chi connectivity index (χ2v) is 24.7. The number of aromatic nitrogens is 2. The number of carbonyl (C=O) groups is 7. The van der Waals surface area contributed by atoms with E-state index in [2.05, 4.69) is 62.5 Å². The minimum absolute atomic E-state index is 0.00160. The number of carbonyl (C=O) groups excluding carboxylic acids is 7. The zero-order chi connectivity index (χ0) is 66.3. The van der Waals surface area contributed by atoms with Gasteiger partial charge in [-0.1, -0.05) is 6.07 Å². The lowest BCUT2D eigenvalue weighted by molar-refractivity contribution is -0.137. The Morgan fingerprint density at radius 2 is 1.19 bits per heavy atom. The first-order chi connectivity index (χ1) is 41.4. The lowest BCUT2D eigenvalue weighted by Gasteiger charge is -2.24. The fraction of sp³-hybridized carbons (Fsp3) is 0.583. The SMILES string of the molecule is CC(=NCCCCC(=O)Nc1cc(C(F)(F)F)cc(NCc2cc(C(=O)Nc3cccc(NC(=O)CCCCN=C(NC(=O)OC(C)(C)C)NC(=O)OC(C)(C)C)c3OCCCN(C)C(=O)OC(C)(C)C)ncn2)c1OC1CCNC1)NC(=O)OC(C)(C)C. The van der Waals surface area contributed by atoms with Gasteiger partial charge in [-0.05, 0) is 165 Å². The van der Waals surface area contributed by atoms with E-state index in [1.807, 2.05) is 0 Å². The van der Waals surface area contributed by atoms with Crippen LogP contribution < -0.4 is 52.0 Å². The number of ether oxygens (including phenoxy) is 6. The van der Waals surface area contributed by atoms with Gasteiger partial charge in [0.2, 0.25) is 17.8 Å². The molecule has 7 amide bonds. The highest BCUT2D eigenvalue weighted by molar-refractivity contribution is 6.05. The molecule has 0 radical (unpaired) electrons. The fourth-order valence-corrected chi connectivity index (χ4v) is 7.89. The third kappa shape index (κ3) is 28.9. The molecule has 0 spiro atoms. The number of amides is 7. The molecule has 492 valence electrons. The average Bonchev–Trinajstić information content (AvgIpc) is 3.71. The molecular weight excluding hydrogens is 1170 g/mol. The number of hydrogen-bond donors (Lipinski definition) is 8. The Hall–Kier alpha value is -8.50. The minimum Gasteiger partial charge on any atom is -0.489 e. The molecule has 4 rings (SSSR count). The summed E-state index contributed by atoms with van der Waals surface area (Å²) in [5, 5.41) is 21.7. The van der Waals surface area contributed by atoms with Crippen LogP contribution in [0.3, 0.4) is 0 Å². The van der Waals surface area contributed by atoms with Crippen LogP contribution in [-0.4, -0.2) is 144 Å². The second-order valence-electron chi connectivity index (χ2n) is 24.7. The molecule has 2 heterocycles. The maximum Gasteiger partial charge on any atom is 0.416 e. The van der Waals surface area contributed by atoms with E-state index < -0.39 is 82.3 Å². The molecule has 1 saturated heterocycles. The summed E-state index contributed by atoms with van der Waals surface area (Å²) in [5.74, 6) is -1.65. The van der Waals surface area contributed by atoms with Crippen LogP contribution in [0.2, 0.25) is 0 Å². The number of aliphatic imine (C=N–C) groups is 2. The minimum atomic E-state index is -4.85. The number of guanidine groups is 1. The van der Waals surface area contributed by atoms with Gasteiger partial charge in [-0.15, -0.1) is 0 Å². The lowest BCUT2D eigenvalue weighted by Crippen LogP contribution is -2.47. The van der Waals surface area contributed by atoms with Crippen molar-refractivity contribution in [3.63, 3.8) is 0 Å². The van der Waals surface area contributed by atoms with Crippen molar-refractivity contribution in [1.82, 2.24) is 36.1 Å². The molecule has 1 unspecified atom stereocenters. The van der Waals surface area contributed by atoms with E-state index in [1.54, 1.807) is 109 Å². The molecule has 26 nitrogen and oxygen atoms in total. The zero-order valence-corrected chi connectivity index (χ0v) is 53.4. The predicted octanol–water partition coefficient (Wildman–Crippen LogP) is 10.3. The third-order valence-corrected chi connectivity index (χ3v) is 11.7. The fourth-order valence-electron chi connectivity index (χ4n) is 7.89. The normalized spacial score (nSPS) is 13.6. The molecule has 89 heavy (non-hydrogen) atoms. The molecule has 1 aromatic heterocycles. The molecule has 0 aliphatic carbocycles. The molecular formula is C60H88F3N13O13. The number of unbranched alkanes of at least 4 members (excludes halogenated alkanes) is 2. The van der Waals surface area contributed by atoms with E-state index in [1.165, 1.54) is 17.0 Å². The van der Waals surface area contributed by atoms with Gasteiger partial charge >= 0.3 is 30.5 Å². The van der Waals surface area contributed by atoms with Gasteiger partial charge in [0.15, 0.2) is 11.5 Å². The Kier molecular flexibility index (Phi) is 27.2. The summed E-state index contributed by atoms with van der Waals surface area (Å²) in [6.45, 7) is 23.3. The van der Waals surface area contributed by atoms with Crippen LogP contribution in [0.1, 0.15) is 163 Å². The predicted molar refractivity (Wildman–Crippen MR) is 329 cm³/mol. The van der Waals surface area contributed by atoms with Crippen molar-refractivity contribution < 1.29 is 75.2 Å². The number of halogens is 3. The van der Waals surface area contributed by atoms with E-state index in [4.69, 9.17) is 28.4 Å². The number of nitrogens with one attached hydrogen (secondary N) is 8. The molecule has 8 N–H and O–H groups in total. The zero-order valence-electron chi connectivity index (χ0n) is 53.4. The van der Waals surface area contributed by atoms with E-state index in [0.29, 0.717) is 57.5 Å². The number of hydrogen-bond acceptors (Lipinski definition) is 19. The van der Waals surface area contributed by atoms with Gasteiger partial charge in [0.05, 0.1) is 47.2 Å².